The highest BCUT2D eigenvalue weighted by molar-refractivity contribution is 5.82. The minimum absolute atomic E-state index is 0.642. The van der Waals surface area contributed by atoms with E-state index in [0.29, 0.717) is 4.90 Å². The van der Waals surface area contributed by atoms with Gasteiger partial charge in [0, 0.05) is 7.05 Å². The Morgan fingerprint density at radius 3 is 2.25 bits per heavy atom. The summed E-state index contributed by atoms with van der Waals surface area (Å²) in [5.41, 5.74) is 0. The molecule has 16 heavy (non-hydrogen) atoms. The minimum Gasteiger partial charge on any atom is -0.480 e. The summed E-state index contributed by atoms with van der Waals surface area (Å²) in [6.45, 7) is 0.365. The number of halogens is 2. The first-order valence-electron chi connectivity index (χ1n) is 4.46. The highest BCUT2D eigenvalue weighted by atomic mass is 19.3. The molecule has 0 aromatic rings. The number of urea groups is 1. The number of hydrogen-bond acceptors (Lipinski definition) is 3. The van der Waals surface area contributed by atoms with E-state index in [9.17, 15) is 18.4 Å². The first-order valence-corrected chi connectivity index (χ1v) is 4.46. The van der Waals surface area contributed by atoms with Crippen LogP contribution in [0.1, 0.15) is 6.92 Å². The molecule has 94 valence electrons. The number of carboxylic acid groups (broad SMARTS) is 1. The Labute approximate surface area is 90.8 Å². The number of aliphatic carboxylic acids is 1. The number of amides is 2. The van der Waals surface area contributed by atoms with E-state index in [-0.39, 0.29) is 0 Å². The van der Waals surface area contributed by atoms with Gasteiger partial charge >= 0.3 is 12.0 Å². The van der Waals surface area contributed by atoms with Crippen LogP contribution in [0, 0.1) is 0 Å². The van der Waals surface area contributed by atoms with Crippen molar-refractivity contribution in [3.8, 4) is 0 Å². The summed E-state index contributed by atoms with van der Waals surface area (Å²) >= 11 is 0. The minimum atomic E-state index is -2.70. The van der Waals surface area contributed by atoms with E-state index in [0.717, 1.165) is 7.05 Å². The maximum Gasteiger partial charge on any atom is 0.328 e. The molecule has 0 aliphatic rings. The Bertz CT molecular complexity index is 260. The molecule has 0 radical (unpaired) electrons. The second kappa shape index (κ2) is 6.21. The van der Waals surface area contributed by atoms with Gasteiger partial charge in [0.15, 0.2) is 6.04 Å². The van der Waals surface area contributed by atoms with Crippen molar-refractivity contribution in [1.29, 1.82) is 0 Å². The molecule has 0 rings (SSSR count). The zero-order chi connectivity index (χ0) is 12.9. The molecule has 0 aliphatic heterocycles. The molecule has 2 amide bonds. The fourth-order valence-corrected chi connectivity index (χ4v) is 0.922. The summed E-state index contributed by atoms with van der Waals surface area (Å²) in [4.78, 5) is 22.4. The van der Waals surface area contributed by atoms with E-state index < -0.39 is 37.1 Å². The normalized spacial score (nSPS) is 14.4. The molecule has 0 spiro atoms. The topological polar surface area (TPSA) is 89.9 Å². The molecular formula is C8H14F2N2O4. The van der Waals surface area contributed by atoms with Crippen molar-refractivity contribution in [2.24, 2.45) is 0 Å². The lowest BCUT2D eigenvalue weighted by Gasteiger charge is -2.22. The lowest BCUT2D eigenvalue weighted by Crippen LogP contribution is -2.52. The van der Waals surface area contributed by atoms with Gasteiger partial charge in [-0.2, -0.15) is 0 Å². The van der Waals surface area contributed by atoms with Crippen LogP contribution in [0.15, 0.2) is 0 Å². The third-order valence-electron chi connectivity index (χ3n) is 1.79. The average molecular weight is 240 g/mol. The molecule has 8 heteroatoms. The van der Waals surface area contributed by atoms with Gasteiger partial charge in [0.25, 0.3) is 6.43 Å². The van der Waals surface area contributed by atoms with Crippen molar-refractivity contribution >= 4 is 12.0 Å². The van der Waals surface area contributed by atoms with E-state index >= 15 is 0 Å². The molecule has 0 aromatic carbocycles. The standard InChI is InChI=1S/C8H14F2N2O4/c1-4(13)6(7(14)15)11-8(16)12(2)3-5(9)10/h4-6,13H,3H2,1-2H3,(H,11,16)(H,14,15)/t4-,6+/m1/s1. The maximum atomic E-state index is 11.9. The van der Waals surface area contributed by atoms with Crippen LogP contribution in [0.5, 0.6) is 0 Å². The molecular weight excluding hydrogens is 226 g/mol. The predicted octanol–water partition coefficient (Wildman–Crippen LogP) is -0.273. The van der Waals surface area contributed by atoms with Crippen molar-refractivity contribution in [2.75, 3.05) is 13.6 Å². The molecule has 0 aromatic heterocycles. The second-order valence-electron chi connectivity index (χ2n) is 3.28. The number of carboxylic acids is 1. The van der Waals surface area contributed by atoms with E-state index in [1.807, 2.05) is 5.32 Å². The Morgan fingerprint density at radius 2 is 1.94 bits per heavy atom. The zero-order valence-electron chi connectivity index (χ0n) is 8.85. The van der Waals surface area contributed by atoms with Crippen molar-refractivity contribution in [2.45, 2.75) is 25.5 Å². The summed E-state index contributed by atoms with van der Waals surface area (Å²) in [6, 6.07) is -2.50. The number of nitrogens with one attached hydrogen (secondary N) is 1. The Morgan fingerprint density at radius 1 is 1.44 bits per heavy atom. The number of alkyl halides is 2. The van der Waals surface area contributed by atoms with Crippen LogP contribution in [0.3, 0.4) is 0 Å². The van der Waals surface area contributed by atoms with E-state index in [1.165, 1.54) is 6.92 Å². The molecule has 6 nitrogen and oxygen atoms in total. The van der Waals surface area contributed by atoms with Gasteiger partial charge in [0.1, 0.15) is 0 Å². The summed E-state index contributed by atoms with van der Waals surface area (Å²) in [5.74, 6) is -1.44. The molecule has 0 heterocycles. The monoisotopic (exact) mass is 240 g/mol. The van der Waals surface area contributed by atoms with Gasteiger partial charge in [0.05, 0.1) is 12.6 Å². The van der Waals surface area contributed by atoms with Crippen LogP contribution in [0.2, 0.25) is 0 Å². The highest BCUT2D eigenvalue weighted by Gasteiger charge is 2.26. The molecule has 0 bridgehead atoms. The zero-order valence-corrected chi connectivity index (χ0v) is 8.85. The number of rotatable bonds is 5. The first-order chi connectivity index (χ1) is 7.25. The summed E-state index contributed by atoms with van der Waals surface area (Å²) in [5, 5.41) is 19.6. The Hall–Kier alpha value is -1.44. The van der Waals surface area contributed by atoms with E-state index in [4.69, 9.17) is 10.2 Å². The van der Waals surface area contributed by atoms with Gasteiger partial charge in [0.2, 0.25) is 0 Å². The third kappa shape index (κ3) is 4.87. The van der Waals surface area contributed by atoms with Crippen LogP contribution in [-0.2, 0) is 4.79 Å². The molecule has 0 saturated carbocycles. The molecule has 0 aliphatic carbocycles. The number of hydrogen-bond donors (Lipinski definition) is 3. The molecule has 2 atom stereocenters. The van der Waals surface area contributed by atoms with Crippen molar-refractivity contribution in [1.82, 2.24) is 10.2 Å². The van der Waals surface area contributed by atoms with Crippen LogP contribution in [0.4, 0.5) is 13.6 Å². The average Bonchev–Trinajstić information content (AvgIpc) is 2.11. The quantitative estimate of drug-likeness (QED) is 0.617. The highest BCUT2D eigenvalue weighted by Crippen LogP contribution is 1.98. The summed E-state index contributed by atoms with van der Waals surface area (Å²) < 4.78 is 23.8. The third-order valence-corrected chi connectivity index (χ3v) is 1.79. The fourth-order valence-electron chi connectivity index (χ4n) is 0.922. The van der Waals surface area contributed by atoms with E-state index in [1.54, 1.807) is 0 Å². The second-order valence-corrected chi connectivity index (χ2v) is 3.28. The van der Waals surface area contributed by atoms with Gasteiger partial charge in [-0.3, -0.25) is 0 Å². The fraction of sp³-hybridized carbons (Fsp3) is 0.750. The molecule has 3 N–H and O–H groups in total. The van der Waals surface area contributed by atoms with Crippen LogP contribution in [0.25, 0.3) is 0 Å². The maximum absolute atomic E-state index is 11.9. The van der Waals surface area contributed by atoms with Crippen molar-refractivity contribution in [3.63, 3.8) is 0 Å². The van der Waals surface area contributed by atoms with Gasteiger partial charge in [-0.15, -0.1) is 0 Å². The van der Waals surface area contributed by atoms with Crippen LogP contribution >= 0.6 is 0 Å². The van der Waals surface area contributed by atoms with Crippen LogP contribution in [-0.4, -0.2) is 59.3 Å². The molecule has 0 fully saturated rings. The van der Waals surface area contributed by atoms with Gasteiger partial charge in [-0.1, -0.05) is 0 Å². The Balaban J connectivity index is 4.35. The first kappa shape index (κ1) is 14.6. The molecule has 0 saturated heterocycles. The van der Waals surface area contributed by atoms with Gasteiger partial charge < -0.3 is 20.4 Å². The van der Waals surface area contributed by atoms with Gasteiger partial charge in [-0.25, -0.2) is 18.4 Å². The SMILES string of the molecule is C[C@@H](O)[C@H](NC(=O)N(C)CC(F)F)C(=O)O. The summed E-state index contributed by atoms with van der Waals surface area (Å²) in [7, 11) is 1.10. The number of aliphatic hydroxyl groups excluding tert-OH is 1. The predicted molar refractivity (Wildman–Crippen MR) is 50.3 cm³/mol. The molecule has 0 unspecified atom stereocenters. The van der Waals surface area contributed by atoms with Gasteiger partial charge in [-0.05, 0) is 6.92 Å². The Kier molecular flexibility index (Phi) is 5.65. The van der Waals surface area contributed by atoms with Crippen molar-refractivity contribution < 1.29 is 28.6 Å². The number of nitrogens with zero attached hydrogens (tertiary/aromatic N) is 1. The summed E-state index contributed by atoms with van der Waals surface area (Å²) in [6.07, 6.45) is -4.02. The van der Waals surface area contributed by atoms with Crippen LogP contribution < -0.4 is 5.32 Å². The smallest absolute Gasteiger partial charge is 0.328 e. The lowest BCUT2D eigenvalue weighted by atomic mass is 10.2. The number of aliphatic hydroxyl groups is 1. The largest absolute Gasteiger partial charge is 0.480 e. The number of carbonyl (C=O) groups excluding carboxylic acids is 1. The lowest BCUT2D eigenvalue weighted by molar-refractivity contribution is -0.141. The number of carbonyl (C=O) groups is 2. The van der Waals surface area contributed by atoms with Crippen molar-refractivity contribution in [3.05, 3.63) is 0 Å². The van der Waals surface area contributed by atoms with E-state index in [2.05, 4.69) is 0 Å².